The number of sulfonamides is 1. The monoisotopic (exact) mass is 476 g/mol. The number of halogens is 1. The summed E-state index contributed by atoms with van der Waals surface area (Å²) in [4.78, 5) is 12.7. The summed E-state index contributed by atoms with van der Waals surface area (Å²) in [5.74, 6) is 0.606. The third-order valence-corrected chi connectivity index (χ3v) is 7.13. The average molecular weight is 477 g/mol. The van der Waals surface area contributed by atoms with Gasteiger partial charge in [-0.05, 0) is 42.0 Å². The van der Waals surface area contributed by atoms with Crippen LogP contribution in [0.5, 0.6) is 11.5 Å². The van der Waals surface area contributed by atoms with Crippen molar-refractivity contribution in [3.63, 3.8) is 0 Å². The molecule has 1 aliphatic heterocycles. The van der Waals surface area contributed by atoms with Crippen LogP contribution in [0.3, 0.4) is 0 Å². The van der Waals surface area contributed by atoms with Gasteiger partial charge in [-0.15, -0.1) is 5.38 Å². The average Bonchev–Trinajstić information content (AvgIpc) is 3.39. The summed E-state index contributed by atoms with van der Waals surface area (Å²) in [7, 11) is -4.12. The molecule has 1 aromatic carbocycles. The Kier molecular flexibility index (Phi) is 6.85. The number of carbonyl (C=O) groups excluding carboxylic acids is 1. The molecule has 1 aliphatic rings. The second-order valence-electron chi connectivity index (χ2n) is 6.31. The van der Waals surface area contributed by atoms with E-state index in [1.165, 1.54) is 6.07 Å². The fraction of sp³-hybridized carbons (Fsp3) is 0.222. The molecule has 0 atom stereocenters. The van der Waals surface area contributed by atoms with Crippen molar-refractivity contribution in [3.8, 4) is 11.5 Å². The Morgan fingerprint density at radius 3 is 2.67 bits per heavy atom. The van der Waals surface area contributed by atoms with Crippen LogP contribution in [0.25, 0.3) is 0 Å². The smallest absolute Gasteiger partial charge is 0.454 e. The number of rotatable bonds is 6. The van der Waals surface area contributed by atoms with Crippen LogP contribution in [-0.2, 0) is 16.4 Å². The second kappa shape index (κ2) is 8.89. The van der Waals surface area contributed by atoms with E-state index in [2.05, 4.69) is 15.3 Å². The number of fused-ring (bicyclic) bond motifs is 1. The molecule has 0 radical (unpaired) electrons. The third-order valence-electron chi connectivity index (χ3n) is 4.32. The minimum absolute atomic E-state index is 0. The topological polar surface area (TPSA) is 108 Å². The summed E-state index contributed by atoms with van der Waals surface area (Å²) in [5, 5.41) is 6.37. The summed E-state index contributed by atoms with van der Waals surface area (Å²) in [6.07, 6.45) is 0.00151. The summed E-state index contributed by atoms with van der Waals surface area (Å²) in [6.45, 7) is 3.55. The second-order valence-corrected chi connectivity index (χ2v) is 9.18. The summed E-state index contributed by atoms with van der Waals surface area (Å²) >= 11 is 6.90. The molecule has 152 valence electrons. The molecule has 0 saturated carbocycles. The number of benzene rings is 1. The number of nitrogens with one attached hydrogen (secondary N) is 1. The molecule has 0 saturated heterocycles. The first-order valence-electron chi connectivity index (χ1n) is 8.33. The minimum Gasteiger partial charge on any atom is -0.454 e. The number of aryl methyl sites for hydroxylation is 2. The van der Waals surface area contributed by atoms with Gasteiger partial charge in [-0.1, -0.05) is 21.6 Å². The zero-order valence-electron chi connectivity index (χ0n) is 16.2. The van der Waals surface area contributed by atoms with E-state index in [1.54, 1.807) is 19.1 Å². The van der Waals surface area contributed by atoms with E-state index in [1.807, 2.05) is 6.92 Å². The van der Waals surface area contributed by atoms with E-state index in [9.17, 15) is 13.2 Å². The van der Waals surface area contributed by atoms with Gasteiger partial charge in [0.05, 0.1) is 0 Å². The SMILES string of the molecule is Cc1cc2c(cc1CC(=O)c1s[c-]cc1S(=O)(=O)Nc1onc(C)c1Cl)OCO2.[Na+]. The summed E-state index contributed by atoms with van der Waals surface area (Å²) in [6, 6.07) is 4.76. The number of carbonyl (C=O) groups is 1. The van der Waals surface area contributed by atoms with Crippen molar-refractivity contribution in [2.45, 2.75) is 25.2 Å². The van der Waals surface area contributed by atoms with Crippen LogP contribution in [0.1, 0.15) is 26.5 Å². The number of hydrogen-bond donors (Lipinski definition) is 1. The van der Waals surface area contributed by atoms with Gasteiger partial charge in [-0.3, -0.25) is 16.1 Å². The Balaban J connectivity index is 0.00000256. The fourth-order valence-corrected chi connectivity index (χ4v) is 5.19. The molecule has 0 aliphatic carbocycles. The normalized spacial score (nSPS) is 12.5. The van der Waals surface area contributed by atoms with Crippen LogP contribution >= 0.6 is 22.9 Å². The van der Waals surface area contributed by atoms with Crippen LogP contribution < -0.4 is 43.8 Å². The number of ketones is 1. The number of aromatic nitrogens is 1. The van der Waals surface area contributed by atoms with Crippen LogP contribution in [0, 0.1) is 19.2 Å². The minimum atomic E-state index is -4.12. The predicted molar refractivity (Wildman–Crippen MR) is 106 cm³/mol. The van der Waals surface area contributed by atoms with Gasteiger partial charge in [0.1, 0.15) is 16.5 Å². The van der Waals surface area contributed by atoms with Crippen molar-refractivity contribution in [3.05, 3.63) is 50.3 Å². The Hall–Kier alpha value is -1.56. The molecule has 30 heavy (non-hydrogen) atoms. The molecule has 2 aromatic heterocycles. The van der Waals surface area contributed by atoms with Crippen LogP contribution in [-0.4, -0.2) is 26.2 Å². The van der Waals surface area contributed by atoms with Crippen molar-refractivity contribution in [1.29, 1.82) is 0 Å². The van der Waals surface area contributed by atoms with Crippen LogP contribution in [0.4, 0.5) is 5.88 Å². The molecule has 3 aromatic rings. The maximum atomic E-state index is 12.9. The number of thiophene rings is 1. The Morgan fingerprint density at radius 2 is 2.00 bits per heavy atom. The number of ether oxygens (including phenoxy) is 2. The zero-order chi connectivity index (χ0) is 20.8. The molecule has 0 spiro atoms. The summed E-state index contributed by atoms with van der Waals surface area (Å²) in [5.41, 5.74) is 1.91. The van der Waals surface area contributed by atoms with Gasteiger partial charge in [0.2, 0.25) is 16.8 Å². The molecule has 3 heterocycles. The molecule has 8 nitrogen and oxygen atoms in total. The first-order valence-corrected chi connectivity index (χ1v) is 11.0. The van der Waals surface area contributed by atoms with Gasteiger partial charge >= 0.3 is 29.6 Å². The van der Waals surface area contributed by atoms with Gasteiger partial charge in [0, 0.05) is 6.42 Å². The number of hydrogen-bond acceptors (Lipinski definition) is 8. The van der Waals surface area contributed by atoms with E-state index in [0.717, 1.165) is 22.5 Å². The summed E-state index contributed by atoms with van der Waals surface area (Å²) < 4.78 is 43.3. The van der Waals surface area contributed by atoms with E-state index in [-0.39, 0.29) is 69.2 Å². The van der Waals surface area contributed by atoms with Gasteiger partial charge < -0.3 is 18.8 Å². The molecule has 12 heteroatoms. The molecule has 0 amide bonds. The van der Waals surface area contributed by atoms with E-state index in [4.69, 9.17) is 25.6 Å². The van der Waals surface area contributed by atoms with Gasteiger partial charge in [0.15, 0.2) is 11.5 Å². The van der Waals surface area contributed by atoms with E-state index in [0.29, 0.717) is 17.2 Å². The van der Waals surface area contributed by atoms with Crippen molar-refractivity contribution in [2.75, 3.05) is 11.5 Å². The first-order chi connectivity index (χ1) is 13.8. The Labute approximate surface area is 203 Å². The number of nitrogens with zero attached hydrogens (tertiary/aromatic N) is 1. The van der Waals surface area contributed by atoms with Gasteiger partial charge in [-0.2, -0.15) is 6.07 Å². The van der Waals surface area contributed by atoms with Gasteiger partial charge in [-0.25, -0.2) is 8.42 Å². The maximum Gasteiger partial charge on any atom is 1.00 e. The van der Waals surface area contributed by atoms with Crippen LogP contribution in [0.15, 0.2) is 27.6 Å². The van der Waals surface area contributed by atoms with E-state index < -0.39 is 10.0 Å². The maximum absolute atomic E-state index is 12.9. The number of anilines is 1. The third kappa shape index (κ3) is 4.39. The Bertz CT molecular complexity index is 1220. The van der Waals surface area contributed by atoms with E-state index >= 15 is 0 Å². The largest absolute Gasteiger partial charge is 1.00 e. The molecule has 4 rings (SSSR count). The zero-order valence-corrected chi connectivity index (χ0v) is 20.6. The molecule has 0 fully saturated rings. The molecular formula is C18H14ClN2NaO6S2. The Morgan fingerprint density at radius 1 is 1.30 bits per heavy atom. The van der Waals surface area contributed by atoms with Crippen LogP contribution in [0.2, 0.25) is 5.02 Å². The molecule has 1 N–H and O–H groups in total. The standard InChI is InChI=1S/C18H14ClN2O6S2.Na/c1-9-5-13-14(26-8-25-13)7-11(9)6-12(22)17-15(3-4-28-17)29(23,24)21-18-16(19)10(2)20-27-18;/h3,5,7,21H,6,8H2,1-2H3;/q-1;+1. The van der Waals surface area contributed by atoms with Crippen molar-refractivity contribution in [2.24, 2.45) is 0 Å². The molecule has 0 unspecified atom stereocenters. The van der Waals surface area contributed by atoms with Crippen molar-refractivity contribution in [1.82, 2.24) is 5.16 Å². The first kappa shape index (κ1) is 23.1. The molecule has 0 bridgehead atoms. The number of Topliss-reactive ketones (excluding diaryl/α,β-unsaturated/α-hetero) is 1. The quantitative estimate of drug-likeness (QED) is 0.318. The fourth-order valence-electron chi connectivity index (χ4n) is 2.78. The van der Waals surface area contributed by atoms with Crippen molar-refractivity contribution >= 4 is 44.6 Å². The van der Waals surface area contributed by atoms with Crippen molar-refractivity contribution < 1.29 is 56.8 Å². The molecular weight excluding hydrogens is 463 g/mol. The predicted octanol–water partition coefficient (Wildman–Crippen LogP) is 0.765. The van der Waals surface area contributed by atoms with Gasteiger partial charge in [0.25, 0.3) is 5.88 Å².